The second kappa shape index (κ2) is 8.81. The van der Waals surface area contributed by atoms with E-state index in [1.54, 1.807) is 31.2 Å². The van der Waals surface area contributed by atoms with Gasteiger partial charge in [0.15, 0.2) is 5.54 Å². The maximum absolute atomic E-state index is 10.8. The Balaban J connectivity index is 0.000000251. The van der Waals surface area contributed by atoms with Crippen molar-refractivity contribution in [1.29, 1.82) is 0 Å². The number of carboxylic acids is 1. The van der Waals surface area contributed by atoms with Crippen LogP contribution < -0.4 is 11.5 Å². The van der Waals surface area contributed by atoms with E-state index in [1.807, 2.05) is 12.1 Å². The molecule has 0 fully saturated rings. The first-order valence-electron chi connectivity index (χ1n) is 7.19. The molecule has 0 spiro atoms. The van der Waals surface area contributed by atoms with Crippen molar-refractivity contribution >= 4 is 37.8 Å². The lowest BCUT2D eigenvalue weighted by Gasteiger charge is -2.20. The Hall–Kier alpha value is -1.39. The monoisotopic (exact) mass is 474 g/mol. The van der Waals surface area contributed by atoms with Crippen LogP contribution in [-0.2, 0) is 15.9 Å². The maximum Gasteiger partial charge on any atom is 0.329 e. The molecule has 2 unspecified atom stereocenters. The molecule has 2 aromatic heterocycles. The lowest BCUT2D eigenvalue weighted by molar-refractivity contribution is -0.143. The number of aliphatic hydroxyl groups is 1. The van der Waals surface area contributed by atoms with Crippen LogP contribution in [-0.4, -0.2) is 32.8 Å². The molecule has 0 amide bonds. The number of carbonyl (C=O) groups is 1. The molecule has 2 atom stereocenters. The molecule has 25 heavy (non-hydrogen) atoms. The van der Waals surface area contributed by atoms with E-state index in [2.05, 4.69) is 41.8 Å². The smallest absolute Gasteiger partial charge is 0.329 e. The number of halogens is 2. The predicted octanol–water partition coefficient (Wildman–Crippen LogP) is 2.11. The summed E-state index contributed by atoms with van der Waals surface area (Å²) in [5, 5.41) is 17.8. The molecule has 136 valence electrons. The first-order valence-corrected chi connectivity index (χ1v) is 8.77. The Morgan fingerprint density at radius 3 is 1.88 bits per heavy atom. The average Bonchev–Trinajstić information content (AvgIpc) is 2.55. The zero-order valence-corrected chi connectivity index (χ0v) is 17.0. The molecule has 2 aromatic rings. The van der Waals surface area contributed by atoms with Gasteiger partial charge in [0.25, 0.3) is 0 Å². The zero-order valence-electron chi connectivity index (χ0n) is 13.8. The normalized spacial score (nSPS) is 15.3. The summed E-state index contributed by atoms with van der Waals surface area (Å²) in [6.45, 7) is 3.03. The van der Waals surface area contributed by atoms with Gasteiger partial charge in [0.05, 0.1) is 23.5 Å². The fourth-order valence-electron chi connectivity index (χ4n) is 1.61. The van der Waals surface area contributed by atoms with Crippen LogP contribution in [0.3, 0.4) is 0 Å². The summed E-state index contributed by atoms with van der Waals surface area (Å²) < 4.78 is 1.30. The molecule has 9 heteroatoms. The summed E-state index contributed by atoms with van der Waals surface area (Å²) in [5.74, 6) is -1.10. The Kier molecular flexibility index (Phi) is 7.63. The molecule has 0 aliphatic heterocycles. The molecule has 6 N–H and O–H groups in total. The number of aliphatic carboxylic acids is 1. The van der Waals surface area contributed by atoms with Crippen molar-refractivity contribution in [3.8, 4) is 0 Å². The van der Waals surface area contributed by atoms with E-state index < -0.39 is 17.0 Å². The summed E-state index contributed by atoms with van der Waals surface area (Å²) in [5.41, 5.74) is 10.1. The highest BCUT2D eigenvalue weighted by Gasteiger charge is 2.31. The van der Waals surface area contributed by atoms with Crippen molar-refractivity contribution in [3.63, 3.8) is 0 Å². The van der Waals surface area contributed by atoms with Gasteiger partial charge >= 0.3 is 5.97 Å². The number of aliphatic hydroxyl groups excluding tert-OH is 1. The van der Waals surface area contributed by atoms with Gasteiger partial charge in [0.2, 0.25) is 0 Å². The van der Waals surface area contributed by atoms with Gasteiger partial charge in [0.1, 0.15) is 9.21 Å². The number of hydrogen-bond donors (Lipinski definition) is 4. The van der Waals surface area contributed by atoms with Gasteiger partial charge in [-0.25, -0.2) is 14.8 Å². The fourth-order valence-corrected chi connectivity index (χ4v) is 2.30. The lowest BCUT2D eigenvalue weighted by Crippen LogP contribution is -2.42. The highest BCUT2D eigenvalue weighted by Crippen LogP contribution is 2.18. The first-order chi connectivity index (χ1) is 11.5. The van der Waals surface area contributed by atoms with E-state index >= 15 is 0 Å². The Bertz CT molecular complexity index is 739. The van der Waals surface area contributed by atoms with Gasteiger partial charge in [-0.05, 0) is 70.0 Å². The van der Waals surface area contributed by atoms with Crippen molar-refractivity contribution in [2.24, 2.45) is 11.5 Å². The molecular weight excluding hydrogens is 456 g/mol. The third kappa shape index (κ3) is 6.12. The summed E-state index contributed by atoms with van der Waals surface area (Å²) >= 11 is 6.38. The summed E-state index contributed by atoms with van der Waals surface area (Å²) in [6.07, 6.45) is 0. The van der Waals surface area contributed by atoms with Crippen LogP contribution in [0.2, 0.25) is 0 Å². The van der Waals surface area contributed by atoms with E-state index in [4.69, 9.17) is 21.7 Å². The van der Waals surface area contributed by atoms with E-state index in [1.165, 1.54) is 6.92 Å². The predicted molar refractivity (Wildman–Crippen MR) is 102 cm³/mol. The van der Waals surface area contributed by atoms with Crippen molar-refractivity contribution in [1.82, 2.24) is 9.97 Å². The number of nitrogens with two attached hydrogens (primary N) is 2. The number of nitrogens with zero attached hydrogens (tertiary/aromatic N) is 2. The third-order valence-electron chi connectivity index (χ3n) is 3.32. The minimum absolute atomic E-state index is 0.115. The molecule has 0 aliphatic carbocycles. The molecule has 2 heterocycles. The van der Waals surface area contributed by atoms with Gasteiger partial charge < -0.3 is 21.7 Å². The second-order valence-electron chi connectivity index (χ2n) is 5.77. The quantitative estimate of drug-likeness (QED) is 0.497. The Morgan fingerprint density at radius 1 is 1.04 bits per heavy atom. The van der Waals surface area contributed by atoms with Crippen molar-refractivity contribution in [2.75, 3.05) is 6.61 Å². The van der Waals surface area contributed by atoms with Crippen molar-refractivity contribution in [3.05, 3.63) is 57.0 Å². The van der Waals surface area contributed by atoms with E-state index in [0.29, 0.717) is 16.0 Å². The molecule has 0 aromatic carbocycles. The molecule has 0 saturated heterocycles. The lowest BCUT2D eigenvalue weighted by atomic mass is 9.99. The third-order valence-corrected chi connectivity index (χ3v) is 4.20. The Labute approximate surface area is 162 Å². The summed E-state index contributed by atoms with van der Waals surface area (Å²) in [4.78, 5) is 18.9. The highest BCUT2D eigenvalue weighted by atomic mass is 79.9. The molecule has 2 rings (SSSR count). The van der Waals surface area contributed by atoms with Gasteiger partial charge in [-0.3, -0.25) is 0 Å². The van der Waals surface area contributed by atoms with Crippen LogP contribution in [0.4, 0.5) is 0 Å². The molecule has 0 saturated carbocycles. The number of pyridine rings is 2. The topological polar surface area (TPSA) is 135 Å². The molecule has 0 radical (unpaired) electrons. The second-order valence-corrected chi connectivity index (χ2v) is 7.40. The minimum atomic E-state index is -1.44. The van der Waals surface area contributed by atoms with E-state index in [0.717, 1.165) is 4.60 Å². The molecular formula is C16H20Br2N4O3. The zero-order chi connectivity index (χ0) is 19.3. The molecule has 0 aliphatic rings. The number of carboxylic acid groups (broad SMARTS) is 1. The van der Waals surface area contributed by atoms with Gasteiger partial charge in [-0.15, -0.1) is 0 Å². The van der Waals surface area contributed by atoms with Crippen LogP contribution in [0, 0.1) is 0 Å². The summed E-state index contributed by atoms with van der Waals surface area (Å²) in [6, 6.07) is 10.4. The summed E-state index contributed by atoms with van der Waals surface area (Å²) in [7, 11) is 0. The van der Waals surface area contributed by atoms with E-state index in [-0.39, 0.29) is 6.61 Å². The molecule has 0 bridgehead atoms. The SMILES string of the molecule is CC(N)(C(=O)O)c1cccc(Br)n1.CC(N)(CO)c1cccc(Br)n1. The van der Waals surface area contributed by atoms with Crippen LogP contribution in [0.1, 0.15) is 25.2 Å². The van der Waals surface area contributed by atoms with Gasteiger partial charge in [0, 0.05) is 0 Å². The van der Waals surface area contributed by atoms with Crippen molar-refractivity contribution < 1.29 is 15.0 Å². The minimum Gasteiger partial charge on any atom is -0.480 e. The van der Waals surface area contributed by atoms with Crippen molar-refractivity contribution in [2.45, 2.75) is 24.9 Å². The molecule has 7 nitrogen and oxygen atoms in total. The van der Waals surface area contributed by atoms with Crippen LogP contribution >= 0.6 is 31.9 Å². The van der Waals surface area contributed by atoms with Crippen LogP contribution in [0.5, 0.6) is 0 Å². The largest absolute Gasteiger partial charge is 0.480 e. The first kappa shape index (κ1) is 21.7. The van der Waals surface area contributed by atoms with Crippen LogP contribution in [0.25, 0.3) is 0 Å². The number of rotatable bonds is 4. The highest BCUT2D eigenvalue weighted by molar-refractivity contribution is 9.10. The standard InChI is InChI=1S/C8H9BrN2O2.C8H11BrN2O/c1-8(10,7(12)13)5-3-2-4-6(9)11-5;1-8(10,5-12)6-3-2-4-7(9)11-6/h2-4H,10H2,1H3,(H,12,13);2-4,12H,5,10H2,1H3. The van der Waals surface area contributed by atoms with Gasteiger partial charge in [-0.2, -0.15) is 0 Å². The average molecular weight is 476 g/mol. The number of aromatic nitrogens is 2. The Morgan fingerprint density at radius 2 is 1.48 bits per heavy atom. The fraction of sp³-hybridized carbons (Fsp3) is 0.312. The number of hydrogen-bond acceptors (Lipinski definition) is 6. The maximum atomic E-state index is 10.8. The van der Waals surface area contributed by atoms with E-state index in [9.17, 15) is 4.79 Å². The van der Waals surface area contributed by atoms with Gasteiger partial charge in [-0.1, -0.05) is 12.1 Å². The van der Waals surface area contributed by atoms with Crippen LogP contribution in [0.15, 0.2) is 45.6 Å².